The predicted molar refractivity (Wildman–Crippen MR) is 116 cm³/mol. The Labute approximate surface area is 170 Å². The van der Waals surface area contributed by atoms with Crippen molar-refractivity contribution in [1.29, 1.82) is 0 Å². The number of aromatic nitrogens is 4. The smallest absolute Gasteiger partial charge is 0.198 e. The number of ether oxygens (including phenoxy) is 1. The fourth-order valence-corrected chi connectivity index (χ4v) is 4.00. The zero-order chi connectivity index (χ0) is 20.0. The lowest BCUT2D eigenvalue weighted by Gasteiger charge is -2.19. The third kappa shape index (κ3) is 3.40. The molecule has 29 heavy (non-hydrogen) atoms. The van der Waals surface area contributed by atoms with Gasteiger partial charge in [0, 0.05) is 12.2 Å². The normalized spacial score (nSPS) is 17.4. The maximum absolute atomic E-state index is 5.92. The molecule has 5 nitrogen and oxygen atoms in total. The van der Waals surface area contributed by atoms with E-state index in [-0.39, 0.29) is 11.5 Å². The predicted octanol–water partition coefficient (Wildman–Crippen LogP) is 5.12. The van der Waals surface area contributed by atoms with Gasteiger partial charge in [-0.1, -0.05) is 57.2 Å². The van der Waals surface area contributed by atoms with E-state index >= 15 is 0 Å². The minimum atomic E-state index is 0.122. The number of hydrogen-bond acceptors (Lipinski definition) is 4. The summed E-state index contributed by atoms with van der Waals surface area (Å²) in [7, 11) is 0. The van der Waals surface area contributed by atoms with Crippen LogP contribution >= 0.6 is 0 Å². The molecule has 4 aromatic rings. The van der Waals surface area contributed by atoms with Crippen molar-refractivity contribution < 1.29 is 4.74 Å². The van der Waals surface area contributed by atoms with Crippen molar-refractivity contribution in [3.8, 4) is 11.4 Å². The number of nitrogens with zero attached hydrogens (tertiary/aromatic N) is 4. The first-order chi connectivity index (χ1) is 14.0. The molecule has 148 valence electrons. The van der Waals surface area contributed by atoms with Crippen molar-refractivity contribution in [3.63, 3.8) is 0 Å². The van der Waals surface area contributed by atoms with E-state index in [9.17, 15) is 0 Å². The van der Waals surface area contributed by atoms with Crippen molar-refractivity contribution in [1.82, 2.24) is 19.5 Å². The van der Waals surface area contributed by atoms with Gasteiger partial charge in [0.25, 0.3) is 0 Å². The molecule has 0 aliphatic carbocycles. The zero-order valence-electron chi connectivity index (χ0n) is 17.2. The number of rotatable bonds is 3. The summed E-state index contributed by atoms with van der Waals surface area (Å²) >= 11 is 0. The summed E-state index contributed by atoms with van der Waals surface area (Å²) in [4.78, 5) is 14.6. The monoisotopic (exact) mass is 386 g/mol. The lowest BCUT2D eigenvalue weighted by atomic mass is 9.87. The third-order valence-electron chi connectivity index (χ3n) is 5.68. The minimum Gasteiger partial charge on any atom is -0.376 e. The Bertz CT molecular complexity index is 1170. The minimum absolute atomic E-state index is 0.122. The fraction of sp³-hybridized carbons (Fsp3) is 0.375. The molecular formula is C24H26N4O. The van der Waals surface area contributed by atoms with Gasteiger partial charge in [0.1, 0.15) is 5.82 Å². The first-order valence-corrected chi connectivity index (χ1v) is 10.3. The van der Waals surface area contributed by atoms with Gasteiger partial charge in [0.2, 0.25) is 0 Å². The second kappa shape index (κ2) is 6.92. The summed E-state index contributed by atoms with van der Waals surface area (Å²) in [5.41, 5.74) is 5.80. The van der Waals surface area contributed by atoms with Crippen LogP contribution in [0, 0.1) is 0 Å². The first-order valence-electron chi connectivity index (χ1n) is 10.3. The van der Waals surface area contributed by atoms with Crippen molar-refractivity contribution in [2.45, 2.75) is 51.7 Å². The topological polar surface area (TPSA) is 52.8 Å². The molecule has 2 aromatic carbocycles. The van der Waals surface area contributed by atoms with E-state index in [0.717, 1.165) is 54.1 Å². The number of fused-ring (bicyclic) bond motifs is 2. The van der Waals surface area contributed by atoms with Crippen molar-refractivity contribution >= 4 is 22.3 Å². The van der Waals surface area contributed by atoms with Crippen LogP contribution in [0.1, 0.15) is 39.2 Å². The molecule has 1 unspecified atom stereocenters. The van der Waals surface area contributed by atoms with Crippen LogP contribution in [0.2, 0.25) is 0 Å². The van der Waals surface area contributed by atoms with E-state index in [1.807, 2.05) is 24.3 Å². The van der Waals surface area contributed by atoms with E-state index in [4.69, 9.17) is 19.7 Å². The highest BCUT2D eigenvalue weighted by Gasteiger charge is 2.22. The molecule has 5 rings (SSSR count). The SMILES string of the molecule is CC(C)(C)c1ccc(-c2nc3nc4ccccc4nc3n2CC2CCCO2)cc1. The molecule has 1 aliphatic rings. The Kier molecular flexibility index (Phi) is 4.36. The summed E-state index contributed by atoms with van der Waals surface area (Å²) < 4.78 is 8.11. The molecular weight excluding hydrogens is 360 g/mol. The standard InChI is InChI=1S/C24H26N4O/c1-24(2,3)17-12-10-16(11-13-17)22-27-21-23(28(22)15-18-7-6-14-29-18)26-20-9-5-4-8-19(20)25-21/h4-5,8-13,18H,6-7,14-15H2,1-3H3. The zero-order valence-corrected chi connectivity index (χ0v) is 17.2. The molecule has 0 amide bonds. The Morgan fingerprint density at radius 2 is 1.69 bits per heavy atom. The molecule has 1 atom stereocenters. The van der Waals surface area contributed by atoms with Crippen LogP contribution in [0.5, 0.6) is 0 Å². The van der Waals surface area contributed by atoms with Crippen LogP contribution < -0.4 is 0 Å². The van der Waals surface area contributed by atoms with Crippen LogP contribution in [-0.2, 0) is 16.7 Å². The lowest BCUT2D eigenvalue weighted by molar-refractivity contribution is 0.0981. The fourth-order valence-electron chi connectivity index (χ4n) is 4.00. The molecule has 3 heterocycles. The molecule has 5 heteroatoms. The number of benzene rings is 2. The summed E-state index contributed by atoms with van der Waals surface area (Å²) in [5, 5.41) is 0. The van der Waals surface area contributed by atoms with Crippen LogP contribution in [0.25, 0.3) is 33.7 Å². The highest BCUT2D eigenvalue weighted by atomic mass is 16.5. The molecule has 0 bridgehead atoms. The van der Waals surface area contributed by atoms with Crippen LogP contribution in [0.4, 0.5) is 0 Å². The maximum Gasteiger partial charge on any atom is 0.198 e. The second-order valence-electron chi connectivity index (χ2n) is 8.87. The summed E-state index contributed by atoms with van der Waals surface area (Å²) in [5.74, 6) is 0.909. The summed E-state index contributed by atoms with van der Waals surface area (Å²) in [6, 6.07) is 16.7. The Morgan fingerprint density at radius 1 is 0.966 bits per heavy atom. The molecule has 1 fully saturated rings. The highest BCUT2D eigenvalue weighted by molar-refractivity contribution is 5.84. The molecule has 1 saturated heterocycles. The summed E-state index contributed by atoms with van der Waals surface area (Å²) in [6.07, 6.45) is 2.39. The van der Waals surface area contributed by atoms with E-state index in [1.165, 1.54) is 5.56 Å². The van der Waals surface area contributed by atoms with Gasteiger partial charge in [-0.3, -0.25) is 0 Å². The lowest BCUT2D eigenvalue weighted by Crippen LogP contribution is -2.16. The van der Waals surface area contributed by atoms with Crippen LogP contribution in [0.15, 0.2) is 48.5 Å². The molecule has 0 N–H and O–H groups in total. The van der Waals surface area contributed by atoms with E-state index in [1.54, 1.807) is 0 Å². The van der Waals surface area contributed by atoms with Gasteiger partial charge in [0.15, 0.2) is 11.3 Å². The van der Waals surface area contributed by atoms with Crippen molar-refractivity contribution in [2.75, 3.05) is 6.61 Å². The maximum atomic E-state index is 5.92. The van der Waals surface area contributed by atoms with Crippen LogP contribution in [-0.4, -0.2) is 32.2 Å². The largest absolute Gasteiger partial charge is 0.376 e. The van der Waals surface area contributed by atoms with Gasteiger partial charge < -0.3 is 9.30 Å². The van der Waals surface area contributed by atoms with Crippen molar-refractivity contribution in [3.05, 3.63) is 54.1 Å². The molecule has 2 aromatic heterocycles. The molecule has 0 spiro atoms. The Balaban J connectivity index is 1.67. The molecule has 0 saturated carbocycles. The van der Waals surface area contributed by atoms with Gasteiger partial charge in [0.05, 0.1) is 23.7 Å². The number of para-hydroxylation sites is 2. The average Bonchev–Trinajstić information content (AvgIpc) is 3.34. The molecule has 1 aliphatic heterocycles. The first kappa shape index (κ1) is 18.3. The van der Waals surface area contributed by atoms with Gasteiger partial charge in [-0.15, -0.1) is 0 Å². The number of imidazole rings is 1. The van der Waals surface area contributed by atoms with Gasteiger partial charge >= 0.3 is 0 Å². The average molecular weight is 386 g/mol. The van der Waals surface area contributed by atoms with Crippen LogP contribution in [0.3, 0.4) is 0 Å². The van der Waals surface area contributed by atoms with E-state index in [0.29, 0.717) is 5.65 Å². The Morgan fingerprint density at radius 3 is 2.34 bits per heavy atom. The third-order valence-corrected chi connectivity index (χ3v) is 5.68. The summed E-state index contributed by atoms with van der Waals surface area (Å²) in [6.45, 7) is 8.28. The van der Waals surface area contributed by atoms with Gasteiger partial charge in [-0.2, -0.15) is 0 Å². The van der Waals surface area contributed by atoms with E-state index in [2.05, 4.69) is 49.6 Å². The van der Waals surface area contributed by atoms with Gasteiger partial charge in [-0.25, -0.2) is 15.0 Å². The quantitative estimate of drug-likeness (QED) is 0.490. The number of hydrogen-bond donors (Lipinski definition) is 0. The Hall–Kier alpha value is -2.79. The van der Waals surface area contributed by atoms with Gasteiger partial charge in [-0.05, 0) is 36.0 Å². The highest BCUT2D eigenvalue weighted by Crippen LogP contribution is 2.29. The second-order valence-corrected chi connectivity index (χ2v) is 8.87. The van der Waals surface area contributed by atoms with E-state index < -0.39 is 0 Å². The van der Waals surface area contributed by atoms with Crippen molar-refractivity contribution in [2.24, 2.45) is 0 Å². The molecule has 0 radical (unpaired) electrons.